The van der Waals surface area contributed by atoms with Crippen LogP contribution in [0.1, 0.15) is 42.4 Å². The van der Waals surface area contributed by atoms with E-state index in [2.05, 4.69) is 132 Å². The zero-order valence-electron chi connectivity index (χ0n) is 25.4. The fourth-order valence-electron chi connectivity index (χ4n) is 9.60. The topological polar surface area (TPSA) is 14.2 Å². The monoisotopic (exact) mass is 609 g/mol. The van der Waals surface area contributed by atoms with Crippen LogP contribution in [0.3, 0.4) is 0 Å². The highest BCUT2D eigenvalue weighted by Gasteiger charge is 2.56. The van der Waals surface area contributed by atoms with E-state index >= 15 is 0 Å². The maximum absolute atomic E-state index is 7.28. The molecule has 0 N–H and O–H groups in total. The van der Waals surface area contributed by atoms with Crippen LogP contribution in [0.5, 0.6) is 5.75 Å². The summed E-state index contributed by atoms with van der Waals surface area (Å²) in [4.78, 5) is 0. The van der Waals surface area contributed by atoms with Crippen LogP contribution in [-0.4, -0.2) is 10.7 Å². The van der Waals surface area contributed by atoms with E-state index < -0.39 is 0 Å². The molecule has 0 amide bonds. The average molecular weight is 610 g/mol. The zero-order chi connectivity index (χ0) is 30.0. The van der Waals surface area contributed by atoms with Gasteiger partial charge in [-0.05, 0) is 66.3 Å². The van der Waals surface area contributed by atoms with Crippen molar-refractivity contribution in [3.05, 3.63) is 144 Å². The van der Waals surface area contributed by atoms with Crippen LogP contribution in [0.2, 0.25) is 0 Å². The SMILES string of the molecule is c1ccc2c(c1)-n1c3ccccc3c3cccc(c31)C21c2cccc(-c3ccc4sc5ccccc5c4c3)c2OC2CCCCC21. The molecule has 0 radical (unpaired) electrons. The van der Waals surface area contributed by atoms with Crippen molar-refractivity contribution in [1.29, 1.82) is 0 Å². The smallest absolute Gasteiger partial charge is 0.132 e. The van der Waals surface area contributed by atoms with Gasteiger partial charge in [0.15, 0.2) is 0 Å². The summed E-state index contributed by atoms with van der Waals surface area (Å²) >= 11 is 1.88. The summed E-state index contributed by atoms with van der Waals surface area (Å²) in [5.74, 6) is 1.42. The Morgan fingerprint density at radius 3 is 2.33 bits per heavy atom. The van der Waals surface area contributed by atoms with Gasteiger partial charge in [-0.15, -0.1) is 11.3 Å². The Morgan fingerprint density at radius 2 is 1.35 bits per heavy atom. The Bertz CT molecular complexity index is 2550. The molecule has 220 valence electrons. The summed E-state index contributed by atoms with van der Waals surface area (Å²) in [6.45, 7) is 0. The number of hydrogen-bond acceptors (Lipinski definition) is 2. The molecular weight excluding hydrogens is 579 g/mol. The van der Waals surface area contributed by atoms with Crippen molar-refractivity contribution in [3.63, 3.8) is 0 Å². The molecule has 0 saturated heterocycles. The highest BCUT2D eigenvalue weighted by Crippen LogP contribution is 2.62. The minimum absolute atomic E-state index is 0.160. The van der Waals surface area contributed by atoms with E-state index in [0.29, 0.717) is 5.92 Å². The number of aromatic nitrogens is 1. The predicted molar refractivity (Wildman–Crippen MR) is 192 cm³/mol. The molecule has 1 fully saturated rings. The van der Waals surface area contributed by atoms with Gasteiger partial charge in [-0.2, -0.15) is 0 Å². The van der Waals surface area contributed by atoms with Crippen LogP contribution in [0.25, 0.3) is 58.8 Å². The van der Waals surface area contributed by atoms with Gasteiger partial charge in [0.25, 0.3) is 0 Å². The Balaban J connectivity index is 1.27. The van der Waals surface area contributed by atoms with Gasteiger partial charge in [-0.3, -0.25) is 0 Å². The van der Waals surface area contributed by atoms with Gasteiger partial charge in [0, 0.05) is 48.0 Å². The third-order valence-corrected chi connectivity index (χ3v) is 12.5. The molecule has 2 aliphatic heterocycles. The molecule has 1 aliphatic carbocycles. The molecule has 4 heterocycles. The van der Waals surface area contributed by atoms with E-state index in [1.54, 1.807) is 0 Å². The van der Waals surface area contributed by atoms with Crippen LogP contribution in [0, 0.1) is 5.92 Å². The molecule has 0 bridgehead atoms. The summed E-state index contributed by atoms with van der Waals surface area (Å²) in [5, 5.41) is 5.32. The molecule has 2 aromatic heterocycles. The Kier molecular flexibility index (Phi) is 5.02. The maximum atomic E-state index is 7.28. The summed E-state index contributed by atoms with van der Waals surface area (Å²) < 4.78 is 12.5. The van der Waals surface area contributed by atoms with Gasteiger partial charge in [0.1, 0.15) is 11.9 Å². The second-order valence-corrected chi connectivity index (χ2v) is 14.5. The van der Waals surface area contributed by atoms with E-state index in [9.17, 15) is 0 Å². The number of fused-ring (bicyclic) bond motifs is 14. The molecule has 1 spiro atoms. The van der Waals surface area contributed by atoms with Crippen LogP contribution >= 0.6 is 11.3 Å². The van der Waals surface area contributed by atoms with Crippen LogP contribution in [0.15, 0.2) is 127 Å². The van der Waals surface area contributed by atoms with Crippen molar-refractivity contribution in [2.75, 3.05) is 0 Å². The van der Waals surface area contributed by atoms with E-state index in [4.69, 9.17) is 4.74 Å². The lowest BCUT2D eigenvalue weighted by Gasteiger charge is -2.53. The number of rotatable bonds is 1. The van der Waals surface area contributed by atoms with Crippen LogP contribution in [0.4, 0.5) is 0 Å². The minimum Gasteiger partial charge on any atom is -0.489 e. The fraction of sp³-hybridized carbons (Fsp3) is 0.163. The average Bonchev–Trinajstić information content (AvgIpc) is 3.66. The lowest BCUT2D eigenvalue weighted by molar-refractivity contribution is 0.0419. The first-order valence-corrected chi connectivity index (χ1v) is 17.5. The second kappa shape index (κ2) is 9.11. The zero-order valence-corrected chi connectivity index (χ0v) is 26.2. The van der Waals surface area contributed by atoms with Crippen molar-refractivity contribution >= 4 is 53.3 Å². The van der Waals surface area contributed by atoms with E-state index in [1.165, 1.54) is 88.3 Å². The van der Waals surface area contributed by atoms with Gasteiger partial charge in [-0.25, -0.2) is 0 Å². The number of nitrogens with zero attached hydrogens (tertiary/aromatic N) is 1. The normalized spacial score (nSPS) is 21.4. The number of hydrogen-bond donors (Lipinski definition) is 0. The van der Waals surface area contributed by atoms with Gasteiger partial charge in [0.05, 0.1) is 22.1 Å². The van der Waals surface area contributed by atoms with Gasteiger partial charge >= 0.3 is 0 Å². The molecule has 3 unspecified atom stereocenters. The second-order valence-electron chi connectivity index (χ2n) is 13.4. The van der Waals surface area contributed by atoms with Crippen molar-refractivity contribution in [2.24, 2.45) is 5.92 Å². The highest BCUT2D eigenvalue weighted by atomic mass is 32.1. The lowest BCUT2D eigenvalue weighted by Crippen LogP contribution is -2.52. The quantitative estimate of drug-likeness (QED) is 0.181. The minimum atomic E-state index is -0.311. The van der Waals surface area contributed by atoms with Gasteiger partial charge in [-0.1, -0.05) is 103 Å². The molecule has 11 rings (SSSR count). The van der Waals surface area contributed by atoms with Crippen LogP contribution < -0.4 is 4.74 Å². The standard InChI is InChI=1S/C43H31NOS/c1-5-19-36-28(11-1)30-14-10-17-34-41(30)44(36)37-20-6-3-15-32(37)43(34)33-16-4-7-21-38(33)45-42-27(13-9-18-35(42)43)26-23-24-40-31(25-26)29-12-2-8-22-39(29)46-40/h1-3,5-6,8-15,17-20,22-25,33,38H,4,7,16,21H2. The Labute approximate surface area is 271 Å². The van der Waals surface area contributed by atoms with E-state index in [-0.39, 0.29) is 11.5 Å². The summed E-state index contributed by atoms with van der Waals surface area (Å²) in [6, 6.07) is 48.0. The predicted octanol–water partition coefficient (Wildman–Crippen LogP) is 11.4. The number of benzene rings is 6. The molecule has 3 atom stereocenters. The summed E-state index contributed by atoms with van der Waals surface area (Å²) in [7, 11) is 0. The first-order chi connectivity index (χ1) is 22.8. The van der Waals surface area contributed by atoms with Crippen LogP contribution in [-0.2, 0) is 5.41 Å². The van der Waals surface area contributed by atoms with E-state index in [0.717, 1.165) is 18.6 Å². The van der Waals surface area contributed by atoms with Crippen molar-refractivity contribution < 1.29 is 4.74 Å². The maximum Gasteiger partial charge on any atom is 0.132 e. The number of ether oxygens (including phenoxy) is 1. The highest BCUT2D eigenvalue weighted by molar-refractivity contribution is 7.25. The molecule has 1 saturated carbocycles. The fourth-order valence-corrected chi connectivity index (χ4v) is 10.7. The molecule has 8 aromatic rings. The molecule has 2 nitrogen and oxygen atoms in total. The first kappa shape index (κ1) is 25.3. The van der Waals surface area contributed by atoms with Gasteiger partial charge < -0.3 is 9.30 Å². The molecule has 3 aliphatic rings. The third-order valence-electron chi connectivity index (χ3n) is 11.3. The first-order valence-electron chi connectivity index (χ1n) is 16.7. The van der Waals surface area contributed by atoms with Crippen molar-refractivity contribution in [1.82, 2.24) is 4.57 Å². The third kappa shape index (κ3) is 3.07. The Hall–Kier alpha value is -4.86. The molecular formula is C43H31NOS. The lowest BCUT2D eigenvalue weighted by atomic mass is 9.54. The summed E-state index contributed by atoms with van der Waals surface area (Å²) in [5.41, 5.74) is 10.2. The van der Waals surface area contributed by atoms with Gasteiger partial charge in [0.2, 0.25) is 0 Å². The number of para-hydroxylation sites is 4. The number of thiophene rings is 1. The molecule has 3 heteroatoms. The molecule has 6 aromatic carbocycles. The van der Waals surface area contributed by atoms with Crippen molar-refractivity contribution in [2.45, 2.75) is 37.2 Å². The Morgan fingerprint density at radius 1 is 0.609 bits per heavy atom. The summed E-state index contributed by atoms with van der Waals surface area (Å²) in [6.07, 6.45) is 4.87. The van der Waals surface area contributed by atoms with E-state index in [1.807, 2.05) is 11.3 Å². The van der Waals surface area contributed by atoms with Crippen molar-refractivity contribution in [3.8, 4) is 22.6 Å². The molecule has 46 heavy (non-hydrogen) atoms. The largest absolute Gasteiger partial charge is 0.489 e.